The zero-order chi connectivity index (χ0) is 15.2. The summed E-state index contributed by atoms with van der Waals surface area (Å²) in [4.78, 5) is 8.44. The maximum atomic E-state index is 8.88. The summed E-state index contributed by atoms with van der Waals surface area (Å²) >= 11 is 6.95. The second-order valence-corrected chi connectivity index (χ2v) is 5.89. The highest BCUT2D eigenvalue weighted by molar-refractivity contribution is 9.11. The maximum absolute atomic E-state index is 8.88. The lowest BCUT2D eigenvalue weighted by molar-refractivity contribution is 0.962. The van der Waals surface area contributed by atoms with Crippen molar-refractivity contribution in [1.82, 2.24) is 9.97 Å². The standard InChI is InChI=1S/C14H13Br2N5/c1-2-5-18-13-12(16)14(20-8-19-13)21-11-4-3-9(7-17)6-10(11)15/h3-4,6,8H,2,5H2,1H3,(H2,18,19,20,21). The molecule has 5 nitrogen and oxygen atoms in total. The summed E-state index contributed by atoms with van der Waals surface area (Å²) in [6, 6.07) is 7.44. The van der Waals surface area contributed by atoms with Crippen LogP contribution in [0, 0.1) is 11.3 Å². The second kappa shape index (κ2) is 7.38. The van der Waals surface area contributed by atoms with E-state index in [1.165, 1.54) is 6.33 Å². The molecule has 0 atom stereocenters. The molecule has 1 aromatic heterocycles. The van der Waals surface area contributed by atoms with Crippen molar-refractivity contribution in [2.45, 2.75) is 13.3 Å². The molecule has 0 amide bonds. The third-order valence-electron chi connectivity index (χ3n) is 2.68. The van der Waals surface area contributed by atoms with Gasteiger partial charge in [-0.25, -0.2) is 9.97 Å². The topological polar surface area (TPSA) is 73.6 Å². The quantitative estimate of drug-likeness (QED) is 0.762. The molecule has 1 aromatic carbocycles. The minimum atomic E-state index is 0.597. The van der Waals surface area contributed by atoms with Gasteiger partial charge in [0, 0.05) is 11.0 Å². The molecule has 2 N–H and O–H groups in total. The first-order valence-electron chi connectivity index (χ1n) is 6.36. The third kappa shape index (κ3) is 3.93. The van der Waals surface area contributed by atoms with E-state index < -0.39 is 0 Å². The molecule has 0 aliphatic heterocycles. The van der Waals surface area contributed by atoms with E-state index in [9.17, 15) is 0 Å². The second-order valence-electron chi connectivity index (χ2n) is 4.24. The molecular formula is C14H13Br2N5. The van der Waals surface area contributed by atoms with Crippen molar-refractivity contribution < 1.29 is 0 Å². The summed E-state index contributed by atoms with van der Waals surface area (Å²) in [5, 5.41) is 15.3. The minimum Gasteiger partial charge on any atom is -0.369 e. The Bertz CT molecular complexity index is 682. The maximum Gasteiger partial charge on any atom is 0.150 e. The molecular weight excluding hydrogens is 398 g/mol. The van der Waals surface area contributed by atoms with Crippen LogP contribution < -0.4 is 10.6 Å². The SMILES string of the molecule is CCCNc1ncnc(Nc2ccc(C#N)cc2Br)c1Br. The van der Waals surface area contributed by atoms with Crippen LogP contribution in [0.3, 0.4) is 0 Å². The smallest absolute Gasteiger partial charge is 0.150 e. The van der Waals surface area contributed by atoms with Crippen molar-refractivity contribution in [3.8, 4) is 6.07 Å². The van der Waals surface area contributed by atoms with E-state index in [2.05, 4.69) is 65.5 Å². The van der Waals surface area contributed by atoms with Gasteiger partial charge in [0.1, 0.15) is 22.4 Å². The summed E-state index contributed by atoms with van der Waals surface area (Å²) in [5.41, 5.74) is 1.43. The van der Waals surface area contributed by atoms with E-state index >= 15 is 0 Å². The van der Waals surface area contributed by atoms with Gasteiger partial charge in [-0.1, -0.05) is 6.92 Å². The van der Waals surface area contributed by atoms with Crippen LogP contribution in [0.2, 0.25) is 0 Å². The summed E-state index contributed by atoms with van der Waals surface area (Å²) in [7, 11) is 0. The Kier molecular flexibility index (Phi) is 5.53. The highest BCUT2D eigenvalue weighted by Crippen LogP contribution is 2.32. The zero-order valence-electron chi connectivity index (χ0n) is 11.3. The first-order chi connectivity index (χ1) is 10.2. The lowest BCUT2D eigenvalue weighted by Gasteiger charge is -2.12. The first-order valence-corrected chi connectivity index (χ1v) is 7.95. The van der Waals surface area contributed by atoms with Gasteiger partial charge in [-0.15, -0.1) is 0 Å². The highest BCUT2D eigenvalue weighted by atomic mass is 79.9. The molecule has 0 saturated carbocycles. The zero-order valence-corrected chi connectivity index (χ0v) is 14.5. The molecule has 0 spiro atoms. The van der Waals surface area contributed by atoms with Gasteiger partial charge in [-0.3, -0.25) is 0 Å². The largest absolute Gasteiger partial charge is 0.369 e. The van der Waals surface area contributed by atoms with Crippen molar-refractivity contribution in [2.24, 2.45) is 0 Å². The molecule has 0 radical (unpaired) electrons. The van der Waals surface area contributed by atoms with E-state index in [1.54, 1.807) is 12.1 Å². The van der Waals surface area contributed by atoms with Crippen molar-refractivity contribution in [2.75, 3.05) is 17.2 Å². The molecule has 0 fully saturated rings. The van der Waals surface area contributed by atoms with Gasteiger partial charge >= 0.3 is 0 Å². The molecule has 21 heavy (non-hydrogen) atoms. The Balaban J connectivity index is 2.26. The van der Waals surface area contributed by atoms with Crippen LogP contribution >= 0.6 is 31.9 Å². The number of benzene rings is 1. The van der Waals surface area contributed by atoms with E-state index in [4.69, 9.17) is 5.26 Å². The fraction of sp³-hybridized carbons (Fsp3) is 0.214. The lowest BCUT2D eigenvalue weighted by Crippen LogP contribution is -2.05. The van der Waals surface area contributed by atoms with E-state index in [-0.39, 0.29) is 0 Å². The molecule has 2 aromatic rings. The van der Waals surface area contributed by atoms with Crippen molar-refractivity contribution in [1.29, 1.82) is 5.26 Å². The number of aromatic nitrogens is 2. The van der Waals surface area contributed by atoms with Crippen molar-refractivity contribution >= 4 is 49.2 Å². The van der Waals surface area contributed by atoms with Crippen LogP contribution in [0.15, 0.2) is 33.5 Å². The van der Waals surface area contributed by atoms with Crippen LogP contribution in [0.25, 0.3) is 0 Å². The molecule has 0 unspecified atom stereocenters. The summed E-state index contributed by atoms with van der Waals surface area (Å²) in [5.74, 6) is 1.41. The number of hydrogen-bond acceptors (Lipinski definition) is 5. The van der Waals surface area contributed by atoms with Gasteiger partial charge in [0.05, 0.1) is 17.3 Å². The molecule has 1 heterocycles. The average Bonchev–Trinajstić information content (AvgIpc) is 2.50. The number of nitrogens with one attached hydrogen (secondary N) is 2. The van der Waals surface area contributed by atoms with E-state index in [1.807, 2.05) is 6.07 Å². The van der Waals surface area contributed by atoms with Crippen LogP contribution in [-0.4, -0.2) is 16.5 Å². The molecule has 7 heteroatoms. The monoisotopic (exact) mass is 409 g/mol. The number of anilines is 3. The Morgan fingerprint density at radius 1 is 1.24 bits per heavy atom. The predicted molar refractivity (Wildman–Crippen MR) is 90.7 cm³/mol. The van der Waals surface area contributed by atoms with Gasteiger partial charge < -0.3 is 10.6 Å². The summed E-state index contributed by atoms with van der Waals surface area (Å²) in [6.07, 6.45) is 2.52. The normalized spacial score (nSPS) is 10.0. The first kappa shape index (κ1) is 15.7. The Hall–Kier alpha value is -1.65. The predicted octanol–water partition coefficient (Wildman–Crippen LogP) is 4.44. The van der Waals surface area contributed by atoms with Crippen LogP contribution in [-0.2, 0) is 0 Å². The summed E-state index contributed by atoms with van der Waals surface area (Å²) < 4.78 is 1.57. The number of hydrogen-bond donors (Lipinski definition) is 2. The molecule has 2 rings (SSSR count). The van der Waals surface area contributed by atoms with Crippen LogP contribution in [0.5, 0.6) is 0 Å². The van der Waals surface area contributed by atoms with Crippen molar-refractivity contribution in [3.63, 3.8) is 0 Å². The molecule has 0 saturated heterocycles. The summed E-state index contributed by atoms with van der Waals surface area (Å²) in [6.45, 7) is 2.94. The minimum absolute atomic E-state index is 0.597. The van der Waals surface area contributed by atoms with Gasteiger partial charge in [0.25, 0.3) is 0 Å². The number of halogens is 2. The van der Waals surface area contributed by atoms with E-state index in [0.29, 0.717) is 11.4 Å². The number of rotatable bonds is 5. The Labute approximate surface area is 140 Å². The van der Waals surface area contributed by atoms with Gasteiger partial charge in [0.15, 0.2) is 0 Å². The van der Waals surface area contributed by atoms with E-state index in [0.717, 1.165) is 33.4 Å². The molecule has 108 valence electrons. The molecule has 0 aliphatic carbocycles. The fourth-order valence-electron chi connectivity index (χ4n) is 1.64. The molecule has 0 bridgehead atoms. The van der Waals surface area contributed by atoms with Gasteiger partial charge in [-0.2, -0.15) is 5.26 Å². The number of nitrogens with zero attached hydrogens (tertiary/aromatic N) is 3. The lowest BCUT2D eigenvalue weighted by atomic mass is 10.2. The van der Waals surface area contributed by atoms with Crippen LogP contribution in [0.1, 0.15) is 18.9 Å². The number of nitriles is 1. The highest BCUT2D eigenvalue weighted by Gasteiger charge is 2.10. The van der Waals surface area contributed by atoms with Gasteiger partial charge in [-0.05, 0) is 56.5 Å². The van der Waals surface area contributed by atoms with Crippen LogP contribution in [0.4, 0.5) is 17.3 Å². The van der Waals surface area contributed by atoms with Crippen molar-refractivity contribution in [3.05, 3.63) is 39.0 Å². The van der Waals surface area contributed by atoms with Gasteiger partial charge in [0.2, 0.25) is 0 Å². The fourth-order valence-corrected chi connectivity index (χ4v) is 2.56. The Morgan fingerprint density at radius 3 is 2.67 bits per heavy atom. The average molecular weight is 411 g/mol. The molecule has 0 aliphatic rings. The third-order valence-corrected chi connectivity index (χ3v) is 4.09. The Morgan fingerprint density at radius 2 is 2.00 bits per heavy atom.